The van der Waals surface area contributed by atoms with Crippen molar-refractivity contribution in [1.29, 1.82) is 0 Å². The molecule has 0 aliphatic carbocycles. The van der Waals surface area contributed by atoms with Gasteiger partial charge in [-0.25, -0.2) is 4.39 Å². The highest BCUT2D eigenvalue weighted by Gasteiger charge is 2.21. The lowest BCUT2D eigenvalue weighted by Crippen LogP contribution is -2.50. The summed E-state index contributed by atoms with van der Waals surface area (Å²) in [5.41, 5.74) is 2.08. The van der Waals surface area contributed by atoms with Crippen molar-refractivity contribution in [3.8, 4) is 0 Å². The zero-order valence-electron chi connectivity index (χ0n) is 17.0. The number of hydrogen-bond donors (Lipinski definition) is 2. The van der Waals surface area contributed by atoms with Crippen LogP contribution >= 0.6 is 11.6 Å². The third-order valence-corrected chi connectivity index (χ3v) is 5.31. The first kappa shape index (κ1) is 22.2. The van der Waals surface area contributed by atoms with Crippen molar-refractivity contribution >= 4 is 34.8 Å². The minimum atomic E-state index is -0.559. The molecule has 0 unspecified atom stereocenters. The average Bonchev–Trinajstić information content (AvgIpc) is 2.72. The van der Waals surface area contributed by atoms with Gasteiger partial charge in [-0.3, -0.25) is 19.4 Å². The van der Waals surface area contributed by atoms with Crippen molar-refractivity contribution in [2.45, 2.75) is 13.3 Å². The molecule has 2 amide bonds. The Morgan fingerprint density at radius 3 is 2.07 bits per heavy atom. The molecule has 1 fully saturated rings. The lowest BCUT2D eigenvalue weighted by Gasteiger charge is -2.33. The largest absolute Gasteiger partial charge is 0.325 e. The highest BCUT2D eigenvalue weighted by Crippen LogP contribution is 2.19. The normalized spacial score (nSPS) is 15.0. The van der Waals surface area contributed by atoms with E-state index in [9.17, 15) is 14.0 Å². The fourth-order valence-electron chi connectivity index (χ4n) is 3.43. The summed E-state index contributed by atoms with van der Waals surface area (Å²) >= 11 is 5.73. The van der Waals surface area contributed by atoms with E-state index in [-0.39, 0.29) is 29.1 Å². The molecule has 2 aromatic rings. The van der Waals surface area contributed by atoms with E-state index in [2.05, 4.69) is 22.5 Å². The van der Waals surface area contributed by atoms with Gasteiger partial charge in [0.2, 0.25) is 11.8 Å². The highest BCUT2D eigenvalue weighted by molar-refractivity contribution is 6.30. The number of carbonyl (C=O) groups is 2. The molecule has 2 N–H and O–H groups in total. The van der Waals surface area contributed by atoms with Crippen LogP contribution in [0.15, 0.2) is 42.5 Å². The molecule has 0 radical (unpaired) electrons. The molecule has 8 heteroatoms. The van der Waals surface area contributed by atoms with Gasteiger partial charge in [0, 0.05) is 36.9 Å². The van der Waals surface area contributed by atoms with Crippen LogP contribution in [-0.2, 0) is 16.0 Å². The number of nitrogens with one attached hydrogen (secondary N) is 2. The van der Waals surface area contributed by atoms with Crippen LogP contribution in [0.1, 0.15) is 12.5 Å². The highest BCUT2D eigenvalue weighted by atomic mass is 35.5. The number of carbonyl (C=O) groups excluding carboxylic acids is 2. The van der Waals surface area contributed by atoms with Crippen LogP contribution in [0.5, 0.6) is 0 Å². The Morgan fingerprint density at radius 2 is 1.50 bits per heavy atom. The number of anilines is 2. The summed E-state index contributed by atoms with van der Waals surface area (Å²) in [6.07, 6.45) is 0.858. The Bertz CT molecular complexity index is 900. The zero-order chi connectivity index (χ0) is 21.5. The monoisotopic (exact) mass is 432 g/mol. The van der Waals surface area contributed by atoms with Gasteiger partial charge >= 0.3 is 0 Å². The maximum atomic E-state index is 13.8. The first-order valence-corrected chi connectivity index (χ1v) is 10.4. The van der Waals surface area contributed by atoms with Gasteiger partial charge in [-0.1, -0.05) is 36.7 Å². The van der Waals surface area contributed by atoms with Crippen molar-refractivity contribution in [3.05, 3.63) is 58.9 Å². The molecule has 1 aliphatic rings. The van der Waals surface area contributed by atoms with Crippen LogP contribution in [0.4, 0.5) is 15.8 Å². The molecule has 160 valence electrons. The number of hydrogen-bond acceptors (Lipinski definition) is 4. The Hall–Kier alpha value is -2.48. The van der Waals surface area contributed by atoms with Gasteiger partial charge in [0.15, 0.2) is 0 Å². The van der Waals surface area contributed by atoms with E-state index < -0.39 is 5.82 Å². The van der Waals surface area contributed by atoms with E-state index in [4.69, 9.17) is 11.6 Å². The smallest absolute Gasteiger partial charge is 0.238 e. The zero-order valence-corrected chi connectivity index (χ0v) is 17.7. The number of nitrogens with zero attached hydrogens (tertiary/aromatic N) is 2. The third-order valence-electron chi connectivity index (χ3n) is 5.08. The molecule has 3 rings (SSSR count). The van der Waals surface area contributed by atoms with Crippen molar-refractivity contribution < 1.29 is 14.0 Å². The molecule has 30 heavy (non-hydrogen) atoms. The van der Waals surface area contributed by atoms with E-state index in [1.807, 2.05) is 29.2 Å². The number of amides is 2. The van der Waals surface area contributed by atoms with Gasteiger partial charge in [-0.05, 0) is 36.2 Å². The molecular formula is C22H26ClFN4O2. The molecule has 1 heterocycles. The van der Waals surface area contributed by atoms with E-state index in [0.29, 0.717) is 32.7 Å². The van der Waals surface area contributed by atoms with Crippen LogP contribution < -0.4 is 10.6 Å². The quantitative estimate of drug-likeness (QED) is 0.705. The van der Waals surface area contributed by atoms with Gasteiger partial charge in [-0.2, -0.15) is 0 Å². The summed E-state index contributed by atoms with van der Waals surface area (Å²) in [5.74, 6) is -0.879. The molecular weight excluding hydrogens is 407 g/mol. The molecule has 0 aromatic heterocycles. The average molecular weight is 433 g/mol. The van der Waals surface area contributed by atoms with Crippen molar-refractivity contribution in [2.75, 3.05) is 49.9 Å². The lowest BCUT2D eigenvalue weighted by atomic mass is 10.1. The second-order valence-electron chi connectivity index (χ2n) is 7.28. The number of rotatable bonds is 7. The summed E-state index contributed by atoms with van der Waals surface area (Å²) in [4.78, 5) is 28.7. The second kappa shape index (κ2) is 10.5. The lowest BCUT2D eigenvalue weighted by molar-refractivity contribution is -0.120. The number of aryl methyl sites for hydroxylation is 1. The van der Waals surface area contributed by atoms with Gasteiger partial charge in [0.1, 0.15) is 5.82 Å². The van der Waals surface area contributed by atoms with Gasteiger partial charge in [0.25, 0.3) is 0 Å². The van der Waals surface area contributed by atoms with Gasteiger partial charge < -0.3 is 10.6 Å². The number of para-hydroxylation sites is 1. The number of benzene rings is 2. The number of halogens is 2. The Balaban J connectivity index is 1.42. The maximum Gasteiger partial charge on any atom is 0.238 e. The first-order valence-electron chi connectivity index (χ1n) is 10.0. The molecule has 0 atom stereocenters. The van der Waals surface area contributed by atoms with E-state index in [1.165, 1.54) is 18.2 Å². The summed E-state index contributed by atoms with van der Waals surface area (Å²) in [6.45, 7) is 5.24. The van der Waals surface area contributed by atoms with Crippen LogP contribution in [0.25, 0.3) is 0 Å². The molecule has 1 aliphatic heterocycles. The summed E-state index contributed by atoms with van der Waals surface area (Å²) < 4.78 is 13.8. The molecule has 0 saturated carbocycles. The predicted molar refractivity (Wildman–Crippen MR) is 117 cm³/mol. The van der Waals surface area contributed by atoms with Gasteiger partial charge in [0.05, 0.1) is 18.8 Å². The first-order chi connectivity index (χ1) is 14.4. The Labute approximate surface area is 181 Å². The number of piperazine rings is 1. The van der Waals surface area contributed by atoms with Gasteiger partial charge in [-0.15, -0.1) is 0 Å². The summed E-state index contributed by atoms with van der Waals surface area (Å²) in [5, 5.41) is 5.84. The standard InChI is InChI=1S/C22H26ClFN4O2/c1-2-16-5-3-4-6-19(16)25-21(29)14-27-9-11-28(12-10-27)15-22(30)26-20-8-7-17(23)13-18(20)24/h3-8,13H,2,9-12,14-15H2,1H3,(H,25,29)(H,26,30). The van der Waals surface area contributed by atoms with Crippen LogP contribution in [0.3, 0.4) is 0 Å². The fraction of sp³-hybridized carbons (Fsp3) is 0.364. The summed E-state index contributed by atoms with van der Waals surface area (Å²) in [6, 6.07) is 11.9. The van der Waals surface area contributed by atoms with Crippen molar-refractivity contribution in [2.24, 2.45) is 0 Å². The van der Waals surface area contributed by atoms with E-state index >= 15 is 0 Å². The molecule has 2 aromatic carbocycles. The SMILES string of the molecule is CCc1ccccc1NC(=O)CN1CCN(CC(=O)Nc2ccc(Cl)cc2F)CC1. The second-order valence-corrected chi connectivity index (χ2v) is 7.72. The maximum absolute atomic E-state index is 13.8. The Kier molecular flexibility index (Phi) is 7.79. The molecule has 0 bridgehead atoms. The fourth-order valence-corrected chi connectivity index (χ4v) is 3.59. The summed E-state index contributed by atoms with van der Waals surface area (Å²) in [7, 11) is 0. The van der Waals surface area contributed by atoms with Crippen LogP contribution in [0, 0.1) is 5.82 Å². The Morgan fingerprint density at radius 1 is 0.933 bits per heavy atom. The third kappa shape index (κ3) is 6.26. The van der Waals surface area contributed by atoms with E-state index in [0.717, 1.165) is 17.7 Å². The van der Waals surface area contributed by atoms with Crippen molar-refractivity contribution in [1.82, 2.24) is 9.80 Å². The van der Waals surface area contributed by atoms with Crippen molar-refractivity contribution in [3.63, 3.8) is 0 Å². The van der Waals surface area contributed by atoms with E-state index in [1.54, 1.807) is 0 Å². The molecule has 1 saturated heterocycles. The van der Waals surface area contributed by atoms with Crippen LogP contribution in [-0.4, -0.2) is 60.9 Å². The minimum absolute atomic E-state index is 0.0414. The molecule has 6 nitrogen and oxygen atoms in total. The minimum Gasteiger partial charge on any atom is -0.325 e. The van der Waals surface area contributed by atoms with Crippen LogP contribution in [0.2, 0.25) is 5.02 Å². The predicted octanol–water partition coefficient (Wildman–Crippen LogP) is 3.24. The molecule has 0 spiro atoms. The topological polar surface area (TPSA) is 64.7 Å².